The van der Waals surface area contributed by atoms with Crippen molar-refractivity contribution in [1.29, 1.82) is 0 Å². The quantitative estimate of drug-likeness (QED) is 0.505. The van der Waals surface area contributed by atoms with E-state index in [0.717, 1.165) is 19.4 Å². The predicted molar refractivity (Wildman–Crippen MR) is 54.3 cm³/mol. The van der Waals surface area contributed by atoms with Crippen LogP contribution in [0.15, 0.2) is 0 Å². The molecule has 14 heavy (non-hydrogen) atoms. The van der Waals surface area contributed by atoms with Crippen molar-refractivity contribution in [2.45, 2.75) is 39.2 Å². The molecule has 1 unspecified atom stereocenters. The minimum absolute atomic E-state index is 0.0482. The Morgan fingerprint density at radius 1 is 1.50 bits per heavy atom. The zero-order valence-corrected chi connectivity index (χ0v) is 9.25. The van der Waals surface area contributed by atoms with E-state index < -0.39 is 5.60 Å². The van der Waals surface area contributed by atoms with E-state index in [1.54, 1.807) is 5.01 Å². The van der Waals surface area contributed by atoms with Crippen LogP contribution in [-0.4, -0.2) is 29.7 Å². The normalized spacial score (nSPS) is 24.7. The predicted octanol–water partition coefficient (Wildman–Crippen LogP) is 0.914. The number of esters is 1. The number of piperidine rings is 1. The van der Waals surface area contributed by atoms with Gasteiger partial charge < -0.3 is 4.74 Å². The van der Waals surface area contributed by atoms with Crippen LogP contribution in [0.2, 0.25) is 0 Å². The smallest absolute Gasteiger partial charge is 0.310 e. The Hall–Kier alpha value is -0.610. The van der Waals surface area contributed by atoms with Gasteiger partial charge in [0.1, 0.15) is 5.60 Å². The monoisotopic (exact) mass is 200 g/mol. The zero-order valence-electron chi connectivity index (χ0n) is 9.25. The highest BCUT2D eigenvalue weighted by Gasteiger charge is 2.28. The molecule has 0 aromatic rings. The molecule has 4 heteroatoms. The van der Waals surface area contributed by atoms with E-state index in [-0.39, 0.29) is 11.9 Å². The van der Waals surface area contributed by atoms with Gasteiger partial charge >= 0.3 is 5.97 Å². The summed E-state index contributed by atoms with van der Waals surface area (Å²) in [5.74, 6) is 5.49. The van der Waals surface area contributed by atoms with E-state index >= 15 is 0 Å². The van der Waals surface area contributed by atoms with Gasteiger partial charge in [0, 0.05) is 13.1 Å². The van der Waals surface area contributed by atoms with Gasteiger partial charge in [0.05, 0.1) is 5.92 Å². The fourth-order valence-electron chi connectivity index (χ4n) is 1.58. The lowest BCUT2D eigenvalue weighted by molar-refractivity contribution is -0.161. The summed E-state index contributed by atoms with van der Waals surface area (Å²) in [6, 6.07) is 0. The Balaban J connectivity index is 2.44. The van der Waals surface area contributed by atoms with Gasteiger partial charge in [-0.15, -0.1) is 0 Å². The molecule has 0 aromatic carbocycles. The van der Waals surface area contributed by atoms with E-state index in [2.05, 4.69) is 0 Å². The molecule has 82 valence electrons. The van der Waals surface area contributed by atoms with Crippen molar-refractivity contribution in [3.05, 3.63) is 0 Å². The SMILES string of the molecule is CC(C)(C)OC(=O)C1CCCN(N)C1. The van der Waals surface area contributed by atoms with Crippen molar-refractivity contribution >= 4 is 5.97 Å². The molecular weight excluding hydrogens is 180 g/mol. The Morgan fingerprint density at radius 2 is 2.14 bits per heavy atom. The van der Waals surface area contributed by atoms with Crippen LogP contribution < -0.4 is 5.84 Å². The van der Waals surface area contributed by atoms with E-state index in [4.69, 9.17) is 10.6 Å². The lowest BCUT2D eigenvalue weighted by Crippen LogP contribution is -2.44. The van der Waals surface area contributed by atoms with Gasteiger partial charge in [-0.25, -0.2) is 5.01 Å². The van der Waals surface area contributed by atoms with E-state index in [9.17, 15) is 4.79 Å². The average molecular weight is 200 g/mol. The molecule has 0 aliphatic carbocycles. The van der Waals surface area contributed by atoms with Crippen molar-refractivity contribution in [1.82, 2.24) is 5.01 Å². The summed E-state index contributed by atoms with van der Waals surface area (Å²) in [7, 11) is 0. The summed E-state index contributed by atoms with van der Waals surface area (Å²) in [5.41, 5.74) is -0.395. The highest BCUT2D eigenvalue weighted by Crippen LogP contribution is 2.18. The third kappa shape index (κ3) is 3.64. The number of hydrazine groups is 1. The number of carbonyl (C=O) groups is 1. The molecule has 0 saturated carbocycles. The number of carbonyl (C=O) groups excluding carboxylic acids is 1. The second-order valence-corrected chi connectivity index (χ2v) is 4.87. The first kappa shape index (κ1) is 11.5. The fourth-order valence-corrected chi connectivity index (χ4v) is 1.58. The first-order chi connectivity index (χ1) is 6.38. The molecule has 2 N–H and O–H groups in total. The zero-order chi connectivity index (χ0) is 10.8. The third-order valence-electron chi connectivity index (χ3n) is 2.19. The minimum Gasteiger partial charge on any atom is -0.460 e. The number of rotatable bonds is 1. The maximum Gasteiger partial charge on any atom is 0.310 e. The third-order valence-corrected chi connectivity index (χ3v) is 2.19. The minimum atomic E-state index is -0.395. The molecule has 1 aliphatic heterocycles. The highest BCUT2D eigenvalue weighted by molar-refractivity contribution is 5.73. The molecule has 1 rings (SSSR count). The van der Waals surface area contributed by atoms with E-state index in [1.165, 1.54) is 0 Å². The molecule has 1 aliphatic rings. The first-order valence-electron chi connectivity index (χ1n) is 5.11. The van der Waals surface area contributed by atoms with Crippen molar-refractivity contribution in [2.24, 2.45) is 11.8 Å². The first-order valence-corrected chi connectivity index (χ1v) is 5.11. The Kier molecular flexibility index (Phi) is 3.50. The van der Waals surface area contributed by atoms with E-state index in [1.807, 2.05) is 20.8 Å². The molecule has 1 saturated heterocycles. The molecule has 0 spiro atoms. The van der Waals surface area contributed by atoms with Gasteiger partial charge in [0.15, 0.2) is 0 Å². The summed E-state index contributed by atoms with van der Waals surface area (Å²) in [6.45, 7) is 7.14. The summed E-state index contributed by atoms with van der Waals surface area (Å²) in [6.07, 6.45) is 1.86. The number of ether oxygens (including phenoxy) is 1. The maximum absolute atomic E-state index is 11.7. The van der Waals surface area contributed by atoms with Gasteiger partial charge in [-0.05, 0) is 33.6 Å². The van der Waals surface area contributed by atoms with Gasteiger partial charge in [0.2, 0.25) is 0 Å². The average Bonchev–Trinajstić information content (AvgIpc) is 2.01. The molecule has 1 atom stereocenters. The van der Waals surface area contributed by atoms with Crippen LogP contribution in [-0.2, 0) is 9.53 Å². The largest absolute Gasteiger partial charge is 0.460 e. The molecule has 0 bridgehead atoms. The van der Waals surface area contributed by atoms with Crippen LogP contribution in [0.3, 0.4) is 0 Å². The number of hydrogen-bond donors (Lipinski definition) is 1. The standard InChI is InChI=1S/C10H20N2O2/c1-10(2,3)14-9(13)8-5-4-6-12(11)7-8/h8H,4-7,11H2,1-3H3. The van der Waals surface area contributed by atoms with Crippen LogP contribution in [0.25, 0.3) is 0 Å². The lowest BCUT2D eigenvalue weighted by Gasteiger charge is -2.30. The van der Waals surface area contributed by atoms with Crippen molar-refractivity contribution in [3.63, 3.8) is 0 Å². The molecule has 0 amide bonds. The maximum atomic E-state index is 11.7. The van der Waals surface area contributed by atoms with Crippen LogP contribution >= 0.6 is 0 Å². The lowest BCUT2D eigenvalue weighted by atomic mass is 9.99. The molecule has 4 nitrogen and oxygen atoms in total. The number of nitrogens with zero attached hydrogens (tertiary/aromatic N) is 1. The second-order valence-electron chi connectivity index (χ2n) is 4.87. The topological polar surface area (TPSA) is 55.6 Å². The van der Waals surface area contributed by atoms with Gasteiger partial charge in [-0.1, -0.05) is 0 Å². The molecule has 1 heterocycles. The summed E-state index contributed by atoms with van der Waals surface area (Å²) >= 11 is 0. The van der Waals surface area contributed by atoms with Gasteiger partial charge in [-0.3, -0.25) is 10.6 Å². The molecule has 0 radical (unpaired) electrons. The fraction of sp³-hybridized carbons (Fsp3) is 0.900. The van der Waals surface area contributed by atoms with E-state index in [0.29, 0.717) is 6.54 Å². The number of hydrogen-bond acceptors (Lipinski definition) is 4. The Bertz CT molecular complexity index is 211. The molecular formula is C10H20N2O2. The Morgan fingerprint density at radius 3 is 2.64 bits per heavy atom. The van der Waals surface area contributed by atoms with Gasteiger partial charge in [-0.2, -0.15) is 0 Å². The van der Waals surface area contributed by atoms with Crippen LogP contribution in [0.5, 0.6) is 0 Å². The second kappa shape index (κ2) is 4.28. The van der Waals surface area contributed by atoms with Crippen LogP contribution in [0.4, 0.5) is 0 Å². The summed E-state index contributed by atoms with van der Waals surface area (Å²) in [5, 5.41) is 1.69. The van der Waals surface area contributed by atoms with Crippen molar-refractivity contribution < 1.29 is 9.53 Å². The van der Waals surface area contributed by atoms with Crippen LogP contribution in [0.1, 0.15) is 33.6 Å². The van der Waals surface area contributed by atoms with Crippen molar-refractivity contribution in [3.8, 4) is 0 Å². The van der Waals surface area contributed by atoms with Gasteiger partial charge in [0.25, 0.3) is 0 Å². The Labute approximate surface area is 85.4 Å². The molecule has 1 fully saturated rings. The van der Waals surface area contributed by atoms with Crippen molar-refractivity contribution in [2.75, 3.05) is 13.1 Å². The molecule has 0 aromatic heterocycles. The summed E-state index contributed by atoms with van der Waals surface area (Å²) < 4.78 is 5.30. The number of nitrogens with two attached hydrogens (primary N) is 1. The van der Waals surface area contributed by atoms with Crippen LogP contribution in [0, 0.1) is 5.92 Å². The highest BCUT2D eigenvalue weighted by atomic mass is 16.6. The summed E-state index contributed by atoms with van der Waals surface area (Å²) in [4.78, 5) is 11.7.